The number of carbonyl (C=O) groups excluding carboxylic acids is 3. The van der Waals surface area contributed by atoms with Gasteiger partial charge in [-0.2, -0.15) is 0 Å². The summed E-state index contributed by atoms with van der Waals surface area (Å²) in [6.07, 6.45) is 3.82. The third kappa shape index (κ3) is 4.74. The summed E-state index contributed by atoms with van der Waals surface area (Å²) < 4.78 is 11.9. The minimum absolute atomic E-state index is 0.0129. The molecule has 3 fully saturated rings. The molecule has 1 N–H and O–H groups in total. The van der Waals surface area contributed by atoms with E-state index in [0.717, 1.165) is 5.56 Å². The number of carbonyl (C=O) groups is 3. The second-order valence-electron chi connectivity index (χ2n) is 10.5. The molecule has 6 atom stereocenters. The van der Waals surface area contributed by atoms with Crippen molar-refractivity contribution in [2.45, 2.75) is 43.1 Å². The molecule has 2 unspecified atom stereocenters. The van der Waals surface area contributed by atoms with Gasteiger partial charge in [-0.15, -0.1) is 6.58 Å². The number of halogens is 1. The molecule has 5 rings (SSSR count). The van der Waals surface area contributed by atoms with Gasteiger partial charge in [0, 0.05) is 17.3 Å². The summed E-state index contributed by atoms with van der Waals surface area (Å²) >= 11 is 6.11. The van der Waals surface area contributed by atoms with E-state index in [4.69, 9.17) is 21.1 Å². The summed E-state index contributed by atoms with van der Waals surface area (Å²) in [5.74, 6) is -3.04. The van der Waals surface area contributed by atoms with Gasteiger partial charge in [-0.25, -0.2) is 0 Å². The number of nitrogens with zero attached hydrogens (tertiary/aromatic N) is 2. The highest BCUT2D eigenvalue weighted by Crippen LogP contribution is 2.59. The first-order chi connectivity index (χ1) is 19.4. The lowest BCUT2D eigenvalue weighted by molar-refractivity contribution is -0.154. The molecule has 1 spiro atoms. The van der Waals surface area contributed by atoms with Crippen molar-refractivity contribution in [2.24, 2.45) is 11.8 Å². The maximum atomic E-state index is 14.6. The van der Waals surface area contributed by atoms with Crippen LogP contribution in [0.15, 0.2) is 79.9 Å². The van der Waals surface area contributed by atoms with Gasteiger partial charge in [0.15, 0.2) is 0 Å². The summed E-state index contributed by atoms with van der Waals surface area (Å²) in [5, 5.41) is 11.1. The van der Waals surface area contributed by atoms with Crippen LogP contribution in [0.25, 0.3) is 0 Å². The van der Waals surface area contributed by atoms with Crippen molar-refractivity contribution in [3.05, 3.63) is 90.5 Å². The van der Waals surface area contributed by atoms with E-state index >= 15 is 0 Å². The van der Waals surface area contributed by atoms with Gasteiger partial charge >= 0.3 is 5.97 Å². The summed E-state index contributed by atoms with van der Waals surface area (Å²) in [6, 6.07) is 14.5. The van der Waals surface area contributed by atoms with E-state index in [1.54, 1.807) is 35.2 Å². The van der Waals surface area contributed by atoms with Crippen molar-refractivity contribution >= 4 is 35.1 Å². The molecule has 3 aliphatic rings. The highest BCUT2D eigenvalue weighted by molar-refractivity contribution is 6.30. The quantitative estimate of drug-likeness (QED) is 0.331. The number of hydrogen-bond acceptors (Lipinski definition) is 6. The molecule has 0 radical (unpaired) electrons. The first kappa shape index (κ1) is 28.1. The van der Waals surface area contributed by atoms with Crippen LogP contribution in [0.2, 0.25) is 5.02 Å². The Kier molecular flexibility index (Phi) is 8.12. The van der Waals surface area contributed by atoms with E-state index in [9.17, 15) is 19.5 Å². The Labute approximate surface area is 238 Å². The normalized spacial score (nSPS) is 27.2. The molecule has 0 aromatic heterocycles. The number of rotatable bonds is 11. The van der Waals surface area contributed by atoms with Crippen molar-refractivity contribution < 1.29 is 29.0 Å². The van der Waals surface area contributed by atoms with E-state index in [1.165, 1.54) is 11.0 Å². The molecule has 40 heavy (non-hydrogen) atoms. The summed E-state index contributed by atoms with van der Waals surface area (Å²) in [6.45, 7) is 7.25. The molecule has 0 aliphatic carbocycles. The summed E-state index contributed by atoms with van der Waals surface area (Å²) in [7, 11) is 0. The minimum Gasteiger partial charge on any atom is -0.461 e. The molecule has 2 amide bonds. The molecule has 3 aliphatic heterocycles. The van der Waals surface area contributed by atoms with Crippen molar-refractivity contribution in [3.63, 3.8) is 0 Å². The number of ether oxygens (including phenoxy) is 2. The first-order valence-corrected chi connectivity index (χ1v) is 13.8. The van der Waals surface area contributed by atoms with Gasteiger partial charge in [-0.1, -0.05) is 60.7 Å². The van der Waals surface area contributed by atoms with Crippen LogP contribution < -0.4 is 4.90 Å². The lowest BCUT2D eigenvalue weighted by atomic mass is 9.70. The van der Waals surface area contributed by atoms with Gasteiger partial charge in [0.1, 0.15) is 18.2 Å². The molecule has 2 bridgehead atoms. The Morgan fingerprint density at radius 1 is 1.18 bits per heavy atom. The van der Waals surface area contributed by atoms with E-state index in [-0.39, 0.29) is 31.6 Å². The second-order valence-corrected chi connectivity index (χ2v) is 10.9. The van der Waals surface area contributed by atoms with Crippen LogP contribution >= 0.6 is 11.6 Å². The SMILES string of the molecule is C=CCOC(=O)[C@@H]1[C@H]2C(=O)N([C@@H](CO)Cc3ccccc3)C(C(=O)N(CC=C)c3ccc(Cl)cc3)C23CC[C@H]1O3. The standard InChI is InChI=1S/C31H33ClN2O6/c1-3-16-33(22-12-10-21(32)11-13-22)29(37)27-31-15-14-24(40-31)25(30(38)39-17-4-2)26(31)28(36)34(27)23(19-35)18-20-8-6-5-7-9-20/h3-13,23-27,35H,1-2,14-19H2/t23-,24-,25+,26+,27?,31?/m1/s1. The van der Waals surface area contributed by atoms with Gasteiger partial charge in [0.25, 0.3) is 5.91 Å². The fourth-order valence-electron chi connectivity index (χ4n) is 6.63. The number of fused-ring (bicyclic) bond motifs is 1. The van der Waals surface area contributed by atoms with Crippen LogP contribution in [0.3, 0.4) is 0 Å². The number of aliphatic hydroxyl groups is 1. The molecular formula is C31H33ClN2O6. The van der Waals surface area contributed by atoms with Crippen LogP contribution in [-0.2, 0) is 30.3 Å². The van der Waals surface area contributed by atoms with E-state index in [0.29, 0.717) is 30.0 Å². The smallest absolute Gasteiger partial charge is 0.312 e. The maximum absolute atomic E-state index is 14.6. The predicted octanol–water partition coefficient (Wildman–Crippen LogP) is 3.57. The molecule has 8 nitrogen and oxygen atoms in total. The van der Waals surface area contributed by atoms with Crippen molar-refractivity contribution in [3.8, 4) is 0 Å². The van der Waals surface area contributed by atoms with E-state index in [2.05, 4.69) is 13.2 Å². The zero-order chi connectivity index (χ0) is 28.4. The van der Waals surface area contributed by atoms with Crippen LogP contribution in [0, 0.1) is 11.8 Å². The average Bonchev–Trinajstić information content (AvgIpc) is 3.61. The van der Waals surface area contributed by atoms with Crippen LogP contribution in [-0.4, -0.2) is 71.3 Å². The Morgan fingerprint density at radius 2 is 1.90 bits per heavy atom. The van der Waals surface area contributed by atoms with Gasteiger partial charge in [0.2, 0.25) is 5.91 Å². The number of anilines is 1. The Hall–Kier alpha value is -3.46. The van der Waals surface area contributed by atoms with Gasteiger partial charge in [0.05, 0.1) is 30.6 Å². The van der Waals surface area contributed by atoms with Crippen LogP contribution in [0.1, 0.15) is 18.4 Å². The van der Waals surface area contributed by atoms with Crippen molar-refractivity contribution in [1.82, 2.24) is 4.90 Å². The van der Waals surface area contributed by atoms with Crippen molar-refractivity contribution in [1.29, 1.82) is 0 Å². The Morgan fingerprint density at radius 3 is 2.55 bits per heavy atom. The van der Waals surface area contributed by atoms with E-state index in [1.807, 2.05) is 30.3 Å². The lowest BCUT2D eigenvalue weighted by Crippen LogP contribution is -2.59. The Balaban J connectivity index is 1.59. The van der Waals surface area contributed by atoms with Crippen molar-refractivity contribution in [2.75, 3.05) is 24.7 Å². The van der Waals surface area contributed by atoms with Gasteiger partial charge in [-0.05, 0) is 49.1 Å². The molecule has 3 heterocycles. The fraction of sp³-hybridized carbons (Fsp3) is 0.387. The molecule has 0 saturated carbocycles. The third-order valence-electron chi connectivity index (χ3n) is 8.22. The predicted molar refractivity (Wildman–Crippen MR) is 151 cm³/mol. The van der Waals surface area contributed by atoms with Crippen LogP contribution in [0.4, 0.5) is 5.69 Å². The van der Waals surface area contributed by atoms with E-state index < -0.39 is 41.6 Å². The number of benzene rings is 2. The third-order valence-corrected chi connectivity index (χ3v) is 8.47. The number of esters is 1. The molecule has 9 heteroatoms. The molecule has 2 aromatic carbocycles. The largest absolute Gasteiger partial charge is 0.461 e. The number of amides is 2. The molecule has 2 aromatic rings. The molecule has 210 valence electrons. The topological polar surface area (TPSA) is 96.4 Å². The molecule has 3 saturated heterocycles. The lowest BCUT2D eigenvalue weighted by Gasteiger charge is -2.39. The number of hydrogen-bond donors (Lipinski definition) is 1. The Bertz CT molecular complexity index is 1280. The summed E-state index contributed by atoms with van der Waals surface area (Å²) in [5.41, 5.74) is 0.259. The zero-order valence-electron chi connectivity index (χ0n) is 22.2. The summed E-state index contributed by atoms with van der Waals surface area (Å²) in [4.78, 5) is 45.1. The fourth-order valence-corrected chi connectivity index (χ4v) is 6.75. The first-order valence-electron chi connectivity index (χ1n) is 13.5. The number of aliphatic hydroxyl groups excluding tert-OH is 1. The maximum Gasteiger partial charge on any atom is 0.312 e. The monoisotopic (exact) mass is 564 g/mol. The zero-order valence-corrected chi connectivity index (χ0v) is 22.9. The van der Waals surface area contributed by atoms with Gasteiger partial charge < -0.3 is 24.4 Å². The highest BCUT2D eigenvalue weighted by atomic mass is 35.5. The van der Waals surface area contributed by atoms with Gasteiger partial charge in [-0.3, -0.25) is 14.4 Å². The van der Waals surface area contributed by atoms with Crippen LogP contribution in [0.5, 0.6) is 0 Å². The second kappa shape index (κ2) is 11.6. The average molecular weight is 565 g/mol. The highest BCUT2D eigenvalue weighted by Gasteiger charge is 2.75. The minimum atomic E-state index is -1.23. The number of likely N-dealkylation sites (tertiary alicyclic amines) is 1. The molecular weight excluding hydrogens is 532 g/mol.